The summed E-state index contributed by atoms with van der Waals surface area (Å²) in [6.45, 7) is 0. The van der Waals surface area contributed by atoms with Gasteiger partial charge in [-0.2, -0.15) is 0 Å². The zero-order chi connectivity index (χ0) is 29.3. The largest absolute Gasteiger partial charge is 0.213 e. The van der Waals surface area contributed by atoms with Gasteiger partial charge in [0.05, 0.1) is 0 Å². The van der Waals surface area contributed by atoms with Gasteiger partial charge in [-0.05, 0) is 6.42 Å². The Morgan fingerprint density at radius 1 is 0.359 bits per heavy atom. The van der Waals surface area contributed by atoms with Crippen molar-refractivity contribution in [3.63, 3.8) is 0 Å². The highest BCUT2D eigenvalue weighted by atomic mass is 19.2. The SMILES string of the molecule is Fc1c(F)c(F)c([B-](C2=CC=CC2)(c2c(F)c(F)c(F)c(F)c2F)c2c(F)c(F)c(F)c(F)c2F)c(F)c1F. The van der Waals surface area contributed by atoms with Crippen LogP contribution in [0, 0.1) is 87.3 Å². The number of benzene rings is 3. The Kier molecular flexibility index (Phi) is 6.80. The quantitative estimate of drug-likeness (QED) is 0.163. The minimum Gasteiger partial charge on any atom is -0.213 e. The van der Waals surface area contributed by atoms with Crippen molar-refractivity contribution in [2.75, 3.05) is 0 Å². The fourth-order valence-electron chi connectivity index (χ4n) is 4.78. The summed E-state index contributed by atoms with van der Waals surface area (Å²) in [5.74, 6) is -45.1. The fraction of sp³-hybridized carbons (Fsp3) is 0.0435. The molecule has 0 spiro atoms. The van der Waals surface area contributed by atoms with Gasteiger partial charge in [-0.25, -0.2) is 71.3 Å². The maximum absolute atomic E-state index is 15.2. The molecule has 0 bridgehead atoms. The lowest BCUT2D eigenvalue weighted by Gasteiger charge is -2.45. The van der Waals surface area contributed by atoms with Crippen LogP contribution in [-0.4, -0.2) is 6.15 Å². The molecule has 0 unspecified atom stereocenters. The Hall–Kier alpha value is -3.85. The van der Waals surface area contributed by atoms with Gasteiger partial charge in [0.15, 0.2) is 52.4 Å². The van der Waals surface area contributed by atoms with E-state index in [2.05, 4.69) is 0 Å². The molecule has 0 heterocycles. The van der Waals surface area contributed by atoms with Crippen LogP contribution in [0.25, 0.3) is 0 Å². The molecule has 0 saturated carbocycles. The van der Waals surface area contributed by atoms with Gasteiger partial charge in [-0.1, -0.05) is 12.2 Å². The number of allylic oxidation sites excluding steroid dienone is 4. The molecular formula is C23H5BF15-. The second kappa shape index (κ2) is 9.41. The molecule has 1 aliphatic carbocycles. The number of hydrogen-bond acceptors (Lipinski definition) is 0. The first kappa shape index (κ1) is 28.2. The first-order valence-corrected chi connectivity index (χ1v) is 10.2. The average molecular weight is 577 g/mol. The van der Waals surface area contributed by atoms with Gasteiger partial charge in [0.2, 0.25) is 0 Å². The van der Waals surface area contributed by atoms with Crippen molar-refractivity contribution in [1.29, 1.82) is 0 Å². The predicted octanol–water partition coefficient (Wildman–Crippen LogP) is 5.67. The van der Waals surface area contributed by atoms with Crippen molar-refractivity contribution >= 4 is 22.5 Å². The van der Waals surface area contributed by atoms with Crippen molar-refractivity contribution in [1.82, 2.24) is 0 Å². The molecule has 0 amide bonds. The molecule has 16 heteroatoms. The number of halogens is 15. The lowest BCUT2D eigenvalue weighted by molar-refractivity contribution is 0.379. The molecule has 3 aromatic rings. The highest BCUT2D eigenvalue weighted by Crippen LogP contribution is 2.33. The summed E-state index contributed by atoms with van der Waals surface area (Å²) in [7, 11) is 0. The maximum atomic E-state index is 15.2. The second-order valence-corrected chi connectivity index (χ2v) is 8.19. The molecule has 206 valence electrons. The molecule has 0 N–H and O–H groups in total. The highest BCUT2D eigenvalue weighted by molar-refractivity contribution is 7.16. The Labute approximate surface area is 206 Å². The molecule has 0 aliphatic heterocycles. The predicted molar refractivity (Wildman–Crippen MR) is 105 cm³/mol. The molecule has 0 radical (unpaired) electrons. The Bertz CT molecular complexity index is 1380. The smallest absolute Gasteiger partial charge is 0.200 e. The van der Waals surface area contributed by atoms with Crippen molar-refractivity contribution in [2.45, 2.75) is 6.42 Å². The van der Waals surface area contributed by atoms with Crippen LogP contribution in [0.5, 0.6) is 0 Å². The Morgan fingerprint density at radius 2 is 0.590 bits per heavy atom. The van der Waals surface area contributed by atoms with Gasteiger partial charge in [0.1, 0.15) is 41.0 Å². The summed E-state index contributed by atoms with van der Waals surface area (Å²) in [6, 6.07) is 0. The van der Waals surface area contributed by atoms with Crippen molar-refractivity contribution < 1.29 is 65.9 Å². The summed E-state index contributed by atoms with van der Waals surface area (Å²) >= 11 is 0. The van der Waals surface area contributed by atoms with Crippen LogP contribution < -0.4 is 16.4 Å². The van der Waals surface area contributed by atoms with Gasteiger partial charge in [-0.3, -0.25) is 0 Å². The monoisotopic (exact) mass is 577 g/mol. The maximum Gasteiger partial charge on any atom is 0.200 e. The molecule has 3 aromatic carbocycles. The summed E-state index contributed by atoms with van der Waals surface area (Å²) in [5.41, 5.74) is -9.14. The van der Waals surface area contributed by atoms with E-state index in [9.17, 15) is 39.5 Å². The topological polar surface area (TPSA) is 0 Å². The third-order valence-corrected chi connectivity index (χ3v) is 6.39. The van der Waals surface area contributed by atoms with E-state index >= 15 is 26.3 Å². The normalized spacial score (nSPS) is 13.5. The zero-order valence-corrected chi connectivity index (χ0v) is 18.2. The number of hydrogen-bond donors (Lipinski definition) is 0. The molecule has 39 heavy (non-hydrogen) atoms. The minimum atomic E-state index is -5.62. The van der Waals surface area contributed by atoms with E-state index in [-0.39, 0.29) is 0 Å². The van der Waals surface area contributed by atoms with Crippen molar-refractivity contribution in [3.05, 3.63) is 111 Å². The molecule has 4 rings (SSSR count). The molecule has 0 saturated heterocycles. The van der Waals surface area contributed by atoms with E-state index in [1.54, 1.807) is 0 Å². The molecule has 0 atom stereocenters. The highest BCUT2D eigenvalue weighted by Gasteiger charge is 2.49. The summed E-state index contributed by atoms with van der Waals surface area (Å²) in [6.07, 6.45) is -4.54. The van der Waals surface area contributed by atoms with Crippen LogP contribution in [0.1, 0.15) is 6.42 Å². The van der Waals surface area contributed by atoms with Crippen LogP contribution in [0.3, 0.4) is 0 Å². The van der Waals surface area contributed by atoms with Crippen molar-refractivity contribution in [2.24, 2.45) is 0 Å². The second-order valence-electron chi connectivity index (χ2n) is 8.19. The van der Waals surface area contributed by atoms with Crippen LogP contribution in [0.15, 0.2) is 23.7 Å². The molecule has 0 aromatic heterocycles. The average Bonchev–Trinajstić information content (AvgIpc) is 3.46. The van der Waals surface area contributed by atoms with Crippen LogP contribution in [0.4, 0.5) is 65.9 Å². The molecular weight excluding hydrogens is 572 g/mol. The van der Waals surface area contributed by atoms with E-state index in [0.29, 0.717) is 6.08 Å². The Morgan fingerprint density at radius 3 is 0.795 bits per heavy atom. The van der Waals surface area contributed by atoms with Gasteiger partial charge in [-0.15, -0.1) is 22.5 Å². The molecule has 0 nitrogen and oxygen atoms in total. The fourth-order valence-corrected chi connectivity index (χ4v) is 4.78. The van der Waals surface area contributed by atoms with Crippen LogP contribution in [0.2, 0.25) is 0 Å². The van der Waals surface area contributed by atoms with E-state index in [1.807, 2.05) is 0 Å². The number of rotatable bonds is 4. The Balaban J connectivity index is 2.50. The minimum absolute atomic E-state index is 0.453. The van der Waals surface area contributed by atoms with Crippen molar-refractivity contribution in [3.8, 4) is 0 Å². The van der Waals surface area contributed by atoms with Crippen LogP contribution in [-0.2, 0) is 0 Å². The van der Waals surface area contributed by atoms with Gasteiger partial charge < -0.3 is 0 Å². The summed E-state index contributed by atoms with van der Waals surface area (Å²) in [4.78, 5) is 0. The van der Waals surface area contributed by atoms with E-state index < -0.39 is 122 Å². The first-order valence-electron chi connectivity index (χ1n) is 10.2. The van der Waals surface area contributed by atoms with Gasteiger partial charge >= 0.3 is 0 Å². The first-order chi connectivity index (χ1) is 18.1. The van der Waals surface area contributed by atoms with Gasteiger partial charge in [0, 0.05) is 0 Å². The summed E-state index contributed by atoms with van der Waals surface area (Å²) in [5, 5.41) is 0. The summed E-state index contributed by atoms with van der Waals surface area (Å²) < 4.78 is 219. The zero-order valence-electron chi connectivity index (χ0n) is 18.2. The molecule has 1 aliphatic rings. The van der Waals surface area contributed by atoms with E-state index in [4.69, 9.17) is 0 Å². The van der Waals surface area contributed by atoms with E-state index in [0.717, 1.165) is 12.2 Å². The molecule has 0 fully saturated rings. The van der Waals surface area contributed by atoms with Crippen LogP contribution >= 0.6 is 0 Å². The third kappa shape index (κ3) is 3.59. The third-order valence-electron chi connectivity index (χ3n) is 6.39. The standard InChI is InChI=1S/C23H5BF15/c25-9-6(10(26)16(32)21(37)15(9)31)24(5-3-1-2-4-5,7-11(27)17(33)22(38)18(34)12(7)28)8-13(29)19(35)23(39)20(36)14(8)30/h1-3H,4H2/q-1. The van der Waals surface area contributed by atoms with E-state index in [1.165, 1.54) is 0 Å². The lowest BCUT2D eigenvalue weighted by Crippen LogP contribution is -2.74. The lowest BCUT2D eigenvalue weighted by atomic mass is 9.11. The van der Waals surface area contributed by atoms with Gasteiger partial charge in [0.25, 0.3) is 0 Å².